The summed E-state index contributed by atoms with van der Waals surface area (Å²) in [7, 11) is 0. The SMILES string of the molecule is O=C1[C@H]2Cc3c([nH]c4ccccc34)[C@H](c3ccc(Cl)cc3)N2C(=O)N1c1ccc(Cl)cc1. The first-order chi connectivity index (χ1) is 15.5. The van der Waals surface area contributed by atoms with Gasteiger partial charge in [0.05, 0.1) is 5.69 Å². The minimum Gasteiger partial charge on any atom is -0.356 e. The number of rotatable bonds is 2. The lowest BCUT2D eigenvalue weighted by molar-refractivity contribution is -0.120. The van der Waals surface area contributed by atoms with Crippen molar-refractivity contribution in [1.29, 1.82) is 0 Å². The van der Waals surface area contributed by atoms with E-state index >= 15 is 0 Å². The summed E-state index contributed by atoms with van der Waals surface area (Å²) in [5.41, 5.74) is 4.41. The number of anilines is 1. The Morgan fingerprint density at radius 2 is 1.50 bits per heavy atom. The van der Waals surface area contributed by atoms with Gasteiger partial charge in [0.1, 0.15) is 12.1 Å². The van der Waals surface area contributed by atoms with Crippen molar-refractivity contribution in [2.75, 3.05) is 4.90 Å². The molecule has 1 aromatic heterocycles. The van der Waals surface area contributed by atoms with Gasteiger partial charge in [-0.05, 0) is 53.6 Å². The van der Waals surface area contributed by atoms with Crippen molar-refractivity contribution in [2.24, 2.45) is 0 Å². The first kappa shape index (κ1) is 19.4. The van der Waals surface area contributed by atoms with Crippen LogP contribution in [0.2, 0.25) is 10.0 Å². The average Bonchev–Trinajstić information content (AvgIpc) is 3.29. The fourth-order valence-electron chi connectivity index (χ4n) is 4.89. The second-order valence-electron chi connectivity index (χ2n) is 8.08. The number of benzene rings is 3. The fourth-order valence-corrected chi connectivity index (χ4v) is 5.15. The van der Waals surface area contributed by atoms with E-state index in [1.165, 1.54) is 4.90 Å². The van der Waals surface area contributed by atoms with Crippen molar-refractivity contribution in [3.05, 3.63) is 99.7 Å². The molecule has 0 saturated carbocycles. The molecule has 0 spiro atoms. The molecule has 7 heteroatoms. The number of amides is 3. The largest absolute Gasteiger partial charge is 0.356 e. The molecule has 0 aliphatic carbocycles. The number of carbonyl (C=O) groups excluding carboxylic acids is 2. The van der Waals surface area contributed by atoms with Crippen LogP contribution in [0.25, 0.3) is 10.9 Å². The highest BCUT2D eigenvalue weighted by atomic mass is 35.5. The lowest BCUT2D eigenvalue weighted by Gasteiger charge is -2.36. The smallest absolute Gasteiger partial charge is 0.332 e. The van der Waals surface area contributed by atoms with E-state index in [0.29, 0.717) is 22.2 Å². The van der Waals surface area contributed by atoms with E-state index in [2.05, 4.69) is 11.1 Å². The van der Waals surface area contributed by atoms with E-state index in [1.807, 2.05) is 42.5 Å². The normalized spacial score (nSPS) is 20.1. The van der Waals surface area contributed by atoms with Crippen molar-refractivity contribution in [2.45, 2.75) is 18.5 Å². The topological polar surface area (TPSA) is 56.4 Å². The van der Waals surface area contributed by atoms with Crippen molar-refractivity contribution in [1.82, 2.24) is 9.88 Å². The highest BCUT2D eigenvalue weighted by Gasteiger charge is 2.53. The van der Waals surface area contributed by atoms with E-state index in [1.54, 1.807) is 29.2 Å². The van der Waals surface area contributed by atoms with Gasteiger partial charge in [-0.1, -0.05) is 53.5 Å². The Hall–Kier alpha value is -3.28. The molecular formula is C25H17Cl2N3O2. The quantitative estimate of drug-likeness (QED) is 0.374. The van der Waals surface area contributed by atoms with Gasteiger partial charge in [0.25, 0.3) is 5.91 Å². The van der Waals surface area contributed by atoms with Gasteiger partial charge in [-0.3, -0.25) is 9.69 Å². The molecule has 3 heterocycles. The molecule has 4 aromatic rings. The summed E-state index contributed by atoms with van der Waals surface area (Å²) < 4.78 is 0. The molecule has 158 valence electrons. The highest BCUT2D eigenvalue weighted by molar-refractivity contribution is 6.31. The summed E-state index contributed by atoms with van der Waals surface area (Å²) in [4.78, 5) is 33.7. The minimum absolute atomic E-state index is 0.229. The number of para-hydroxylation sites is 1. The number of imide groups is 1. The van der Waals surface area contributed by atoms with E-state index < -0.39 is 12.1 Å². The van der Waals surface area contributed by atoms with Gasteiger partial charge in [-0.2, -0.15) is 0 Å². The first-order valence-electron chi connectivity index (χ1n) is 10.3. The maximum atomic E-state index is 13.7. The van der Waals surface area contributed by atoms with Crippen LogP contribution in [0.1, 0.15) is 22.9 Å². The Morgan fingerprint density at radius 1 is 0.844 bits per heavy atom. The van der Waals surface area contributed by atoms with Crippen molar-refractivity contribution < 1.29 is 9.59 Å². The zero-order valence-corrected chi connectivity index (χ0v) is 18.3. The average molecular weight is 462 g/mol. The van der Waals surface area contributed by atoms with Crippen LogP contribution in [0, 0.1) is 0 Å². The van der Waals surface area contributed by atoms with Crippen LogP contribution >= 0.6 is 23.2 Å². The number of aromatic nitrogens is 1. The van der Waals surface area contributed by atoms with Gasteiger partial charge in [0.15, 0.2) is 0 Å². The van der Waals surface area contributed by atoms with Crippen molar-refractivity contribution in [3.8, 4) is 0 Å². The molecule has 3 amide bonds. The third-order valence-electron chi connectivity index (χ3n) is 6.32. The van der Waals surface area contributed by atoms with E-state index in [4.69, 9.17) is 23.2 Å². The van der Waals surface area contributed by atoms with Crippen LogP contribution in [0.4, 0.5) is 10.5 Å². The van der Waals surface area contributed by atoms with Crippen LogP contribution in [0.5, 0.6) is 0 Å². The first-order valence-corrected chi connectivity index (χ1v) is 11.1. The Bertz CT molecular complexity index is 1380. The minimum atomic E-state index is -0.592. The zero-order chi connectivity index (χ0) is 22.0. The molecule has 1 N–H and O–H groups in total. The molecule has 0 unspecified atom stereocenters. The van der Waals surface area contributed by atoms with Gasteiger partial charge in [0, 0.05) is 33.1 Å². The number of urea groups is 1. The van der Waals surface area contributed by atoms with E-state index in [-0.39, 0.29) is 11.9 Å². The molecule has 2 aliphatic rings. The summed E-state index contributed by atoms with van der Waals surface area (Å²) in [5.74, 6) is -0.229. The molecule has 3 aromatic carbocycles. The predicted octanol–water partition coefficient (Wildman–Crippen LogP) is 5.96. The maximum Gasteiger partial charge on any atom is 0.332 e. The zero-order valence-electron chi connectivity index (χ0n) is 16.8. The number of nitrogens with one attached hydrogen (secondary N) is 1. The van der Waals surface area contributed by atoms with Gasteiger partial charge >= 0.3 is 6.03 Å². The maximum absolute atomic E-state index is 13.7. The van der Waals surface area contributed by atoms with E-state index in [9.17, 15) is 9.59 Å². The molecule has 0 radical (unpaired) electrons. The summed E-state index contributed by atoms with van der Waals surface area (Å²) in [6.45, 7) is 0. The molecule has 1 fully saturated rings. The number of hydrogen-bond donors (Lipinski definition) is 1. The van der Waals surface area contributed by atoms with Crippen molar-refractivity contribution >= 4 is 51.7 Å². The molecule has 0 bridgehead atoms. The second-order valence-corrected chi connectivity index (χ2v) is 8.95. The van der Waals surface area contributed by atoms with Crippen LogP contribution in [-0.2, 0) is 11.2 Å². The Morgan fingerprint density at radius 3 is 2.22 bits per heavy atom. The predicted molar refractivity (Wildman–Crippen MR) is 125 cm³/mol. The number of halogens is 2. The Kier molecular flexibility index (Phi) is 4.32. The molecule has 5 nitrogen and oxygen atoms in total. The monoisotopic (exact) mass is 461 g/mol. The van der Waals surface area contributed by atoms with Crippen LogP contribution in [0.15, 0.2) is 72.8 Å². The molecule has 2 aliphatic heterocycles. The molecule has 1 saturated heterocycles. The van der Waals surface area contributed by atoms with E-state index in [0.717, 1.165) is 27.7 Å². The summed E-state index contributed by atoms with van der Waals surface area (Å²) in [6.07, 6.45) is 0.456. The molecule has 32 heavy (non-hydrogen) atoms. The van der Waals surface area contributed by atoms with Gasteiger partial charge in [-0.25, -0.2) is 9.69 Å². The number of fused-ring (bicyclic) bond motifs is 4. The molecule has 6 rings (SSSR count). The van der Waals surface area contributed by atoms with Gasteiger partial charge < -0.3 is 4.98 Å². The lowest BCUT2D eigenvalue weighted by atomic mass is 9.89. The van der Waals surface area contributed by atoms with Gasteiger partial charge in [-0.15, -0.1) is 0 Å². The highest BCUT2D eigenvalue weighted by Crippen LogP contribution is 2.45. The van der Waals surface area contributed by atoms with Crippen LogP contribution in [-0.4, -0.2) is 27.9 Å². The van der Waals surface area contributed by atoms with Crippen LogP contribution < -0.4 is 4.90 Å². The van der Waals surface area contributed by atoms with Gasteiger partial charge in [0.2, 0.25) is 0 Å². The second kappa shape index (κ2) is 7.12. The molecule has 2 atom stereocenters. The summed E-state index contributed by atoms with van der Waals surface area (Å²) >= 11 is 12.1. The Balaban J connectivity index is 1.54. The van der Waals surface area contributed by atoms with Crippen molar-refractivity contribution in [3.63, 3.8) is 0 Å². The molecular weight excluding hydrogens is 445 g/mol. The third kappa shape index (κ3) is 2.78. The number of nitrogens with zero attached hydrogens (tertiary/aromatic N) is 2. The number of aromatic amines is 1. The number of H-pyrrole nitrogens is 1. The standard InChI is InChI=1S/C25H17Cl2N3O2/c26-15-7-5-14(6-8-15)23-22-19(18-3-1-2-4-20(18)28-22)13-21-24(31)29(25(32)30(21)23)17-11-9-16(27)10-12-17/h1-12,21,23,28H,13H2/t21-,23+/m1/s1. The summed E-state index contributed by atoms with van der Waals surface area (Å²) in [5, 5.41) is 2.24. The number of carbonyl (C=O) groups is 2. The summed E-state index contributed by atoms with van der Waals surface area (Å²) in [6, 6.07) is 20.9. The van der Waals surface area contributed by atoms with Crippen LogP contribution in [0.3, 0.4) is 0 Å². The lowest BCUT2D eigenvalue weighted by Crippen LogP contribution is -2.44. The Labute approximate surface area is 194 Å². The third-order valence-corrected chi connectivity index (χ3v) is 6.82. The number of hydrogen-bond acceptors (Lipinski definition) is 2. The fraction of sp³-hybridized carbons (Fsp3) is 0.120.